The molecule has 2 aromatic carbocycles. The van der Waals surface area contributed by atoms with E-state index in [2.05, 4.69) is 5.32 Å². The lowest BCUT2D eigenvalue weighted by Crippen LogP contribution is -2.50. The molecule has 2 aromatic rings. The maximum atomic E-state index is 14.2. The summed E-state index contributed by atoms with van der Waals surface area (Å²) in [5, 5.41) is 3.40. The Balaban J connectivity index is 1.73. The lowest BCUT2D eigenvalue weighted by Gasteiger charge is -2.29. The van der Waals surface area contributed by atoms with Crippen LogP contribution >= 0.6 is 11.6 Å². The molecule has 1 aliphatic carbocycles. The van der Waals surface area contributed by atoms with Crippen molar-refractivity contribution < 1.29 is 18.7 Å². The van der Waals surface area contributed by atoms with Gasteiger partial charge in [-0.15, -0.1) is 0 Å². The van der Waals surface area contributed by atoms with Crippen molar-refractivity contribution in [3.05, 3.63) is 64.9 Å². The van der Waals surface area contributed by atoms with Gasteiger partial charge in [0.25, 0.3) is 5.91 Å². The van der Waals surface area contributed by atoms with Gasteiger partial charge in [-0.3, -0.25) is 9.59 Å². The van der Waals surface area contributed by atoms with Gasteiger partial charge in [0.1, 0.15) is 17.6 Å². The van der Waals surface area contributed by atoms with Crippen LogP contribution in [-0.4, -0.2) is 35.4 Å². The predicted octanol–water partition coefficient (Wildman–Crippen LogP) is 4.33. The largest absolute Gasteiger partial charge is 0.482 e. The summed E-state index contributed by atoms with van der Waals surface area (Å²) in [4.78, 5) is 27.1. The molecule has 2 amide bonds. The predicted molar refractivity (Wildman–Crippen MR) is 114 cm³/mol. The topological polar surface area (TPSA) is 58.6 Å². The summed E-state index contributed by atoms with van der Waals surface area (Å²) in [5.41, 5.74) is 0.337. The first-order valence-electron chi connectivity index (χ1n) is 10.2. The first-order valence-corrected chi connectivity index (χ1v) is 10.5. The van der Waals surface area contributed by atoms with Crippen LogP contribution in [-0.2, 0) is 16.1 Å². The van der Waals surface area contributed by atoms with Crippen molar-refractivity contribution in [2.75, 3.05) is 6.61 Å². The van der Waals surface area contributed by atoms with E-state index in [1.807, 2.05) is 0 Å². The monoisotopic (exact) mass is 432 g/mol. The van der Waals surface area contributed by atoms with Gasteiger partial charge in [-0.1, -0.05) is 54.8 Å². The molecule has 0 saturated heterocycles. The van der Waals surface area contributed by atoms with Crippen molar-refractivity contribution in [2.45, 2.75) is 51.2 Å². The van der Waals surface area contributed by atoms with Crippen molar-refractivity contribution in [2.24, 2.45) is 0 Å². The number of carbonyl (C=O) groups excluding carboxylic acids is 2. The molecule has 0 aliphatic heterocycles. The van der Waals surface area contributed by atoms with Crippen LogP contribution in [0.3, 0.4) is 0 Å². The van der Waals surface area contributed by atoms with Gasteiger partial charge in [-0.05, 0) is 38.0 Å². The Bertz CT molecular complexity index is 886. The zero-order valence-electron chi connectivity index (χ0n) is 16.9. The average molecular weight is 433 g/mol. The third-order valence-corrected chi connectivity index (χ3v) is 5.67. The molecule has 1 saturated carbocycles. The van der Waals surface area contributed by atoms with Crippen LogP contribution in [0.5, 0.6) is 5.75 Å². The van der Waals surface area contributed by atoms with E-state index in [0.717, 1.165) is 25.7 Å². The number of amides is 2. The number of nitrogens with one attached hydrogen (secondary N) is 1. The summed E-state index contributed by atoms with van der Waals surface area (Å²) >= 11 is 6.08. The highest BCUT2D eigenvalue weighted by atomic mass is 35.5. The second-order valence-electron chi connectivity index (χ2n) is 7.50. The van der Waals surface area contributed by atoms with Crippen LogP contribution in [0.25, 0.3) is 0 Å². The number of benzene rings is 2. The molecule has 0 heterocycles. The number of rotatable bonds is 8. The fourth-order valence-corrected chi connectivity index (χ4v) is 3.76. The van der Waals surface area contributed by atoms with Gasteiger partial charge in [0.2, 0.25) is 5.91 Å². The van der Waals surface area contributed by atoms with Gasteiger partial charge < -0.3 is 15.0 Å². The highest BCUT2D eigenvalue weighted by Crippen LogP contribution is 2.23. The zero-order chi connectivity index (χ0) is 21.5. The second kappa shape index (κ2) is 10.4. The number of nitrogens with zero attached hydrogens (tertiary/aromatic N) is 1. The smallest absolute Gasteiger partial charge is 0.261 e. The third-order valence-electron chi connectivity index (χ3n) is 5.36. The molecule has 1 fully saturated rings. The number of carbonyl (C=O) groups is 2. The minimum absolute atomic E-state index is 0.0311. The summed E-state index contributed by atoms with van der Waals surface area (Å²) in [7, 11) is 0. The molecule has 0 unspecified atom stereocenters. The van der Waals surface area contributed by atoms with Gasteiger partial charge >= 0.3 is 0 Å². The standard InChI is InChI=1S/C23H26ClFN2O3/c1-16(23(29)26-18-9-3-4-10-18)27(14-17-8-2-6-12-20(17)25)22(28)15-30-21-13-7-5-11-19(21)24/h2,5-8,11-13,16,18H,3-4,9-10,14-15H2,1H3,(H,26,29)/t16-/m1/s1. The Labute approximate surface area is 181 Å². The number of hydrogen-bond acceptors (Lipinski definition) is 3. The third kappa shape index (κ3) is 5.72. The van der Waals surface area contributed by atoms with Gasteiger partial charge in [-0.25, -0.2) is 4.39 Å². The first kappa shape index (κ1) is 22.1. The number of hydrogen-bond donors (Lipinski definition) is 1. The van der Waals surface area contributed by atoms with Gasteiger partial charge in [0, 0.05) is 18.2 Å². The molecule has 1 atom stereocenters. The first-order chi connectivity index (χ1) is 14.5. The molecule has 3 rings (SSSR count). The highest BCUT2D eigenvalue weighted by molar-refractivity contribution is 6.32. The van der Waals surface area contributed by atoms with E-state index in [1.165, 1.54) is 11.0 Å². The molecule has 0 radical (unpaired) electrons. The Morgan fingerprint density at radius 3 is 2.53 bits per heavy atom. The summed E-state index contributed by atoms with van der Waals surface area (Å²) in [6.45, 7) is 1.31. The molecular weight excluding hydrogens is 407 g/mol. The second-order valence-corrected chi connectivity index (χ2v) is 7.91. The van der Waals surface area contributed by atoms with Crippen molar-refractivity contribution >= 4 is 23.4 Å². The molecule has 1 N–H and O–H groups in total. The minimum Gasteiger partial charge on any atom is -0.482 e. The summed E-state index contributed by atoms with van der Waals surface area (Å²) < 4.78 is 19.8. The molecule has 7 heteroatoms. The van der Waals surface area contributed by atoms with E-state index in [-0.39, 0.29) is 25.1 Å². The molecule has 0 spiro atoms. The summed E-state index contributed by atoms with van der Waals surface area (Å²) in [5.74, 6) is -0.719. The number of halogens is 2. The Hall–Kier alpha value is -2.60. The molecule has 0 aromatic heterocycles. The van der Waals surface area contributed by atoms with Crippen molar-refractivity contribution in [3.8, 4) is 5.75 Å². The molecule has 1 aliphatic rings. The molecular formula is C23H26ClFN2O3. The van der Waals surface area contributed by atoms with E-state index >= 15 is 0 Å². The summed E-state index contributed by atoms with van der Waals surface area (Å²) in [6, 6.07) is 12.4. The summed E-state index contributed by atoms with van der Waals surface area (Å²) in [6.07, 6.45) is 4.05. The van der Waals surface area contributed by atoms with Crippen LogP contribution in [0.2, 0.25) is 5.02 Å². The van der Waals surface area contributed by atoms with Crippen LogP contribution in [0.4, 0.5) is 4.39 Å². The van der Waals surface area contributed by atoms with Crippen molar-refractivity contribution in [1.29, 1.82) is 0 Å². The van der Waals surface area contributed by atoms with E-state index in [0.29, 0.717) is 16.3 Å². The van der Waals surface area contributed by atoms with Crippen molar-refractivity contribution in [3.63, 3.8) is 0 Å². The quantitative estimate of drug-likeness (QED) is 0.675. The highest BCUT2D eigenvalue weighted by Gasteiger charge is 2.29. The maximum Gasteiger partial charge on any atom is 0.261 e. The lowest BCUT2D eigenvalue weighted by molar-refractivity contribution is -0.142. The van der Waals surface area contributed by atoms with Gasteiger partial charge in [0.15, 0.2) is 6.61 Å². The molecule has 160 valence electrons. The maximum absolute atomic E-state index is 14.2. The molecule has 30 heavy (non-hydrogen) atoms. The fourth-order valence-electron chi connectivity index (χ4n) is 3.57. The van der Waals surface area contributed by atoms with Crippen LogP contribution in [0.15, 0.2) is 48.5 Å². The minimum atomic E-state index is -0.771. The Morgan fingerprint density at radius 2 is 1.83 bits per heavy atom. The van der Waals surface area contributed by atoms with E-state index in [9.17, 15) is 14.0 Å². The van der Waals surface area contributed by atoms with Crippen LogP contribution in [0, 0.1) is 5.82 Å². The number of ether oxygens (including phenoxy) is 1. The fraction of sp³-hybridized carbons (Fsp3) is 0.391. The van der Waals surface area contributed by atoms with E-state index < -0.39 is 17.8 Å². The normalized spacial score (nSPS) is 14.9. The van der Waals surface area contributed by atoms with Crippen LogP contribution < -0.4 is 10.1 Å². The Kier molecular flexibility index (Phi) is 7.69. The van der Waals surface area contributed by atoms with E-state index in [4.69, 9.17) is 16.3 Å². The zero-order valence-corrected chi connectivity index (χ0v) is 17.7. The lowest BCUT2D eigenvalue weighted by atomic mass is 10.1. The number of para-hydroxylation sites is 1. The molecule has 5 nitrogen and oxygen atoms in total. The van der Waals surface area contributed by atoms with Crippen molar-refractivity contribution in [1.82, 2.24) is 10.2 Å². The molecule has 0 bridgehead atoms. The Morgan fingerprint density at radius 1 is 1.17 bits per heavy atom. The van der Waals surface area contributed by atoms with E-state index in [1.54, 1.807) is 49.4 Å². The average Bonchev–Trinajstić information content (AvgIpc) is 3.25. The SMILES string of the molecule is C[C@H](C(=O)NC1CCCC1)N(Cc1ccccc1F)C(=O)COc1ccccc1Cl. The van der Waals surface area contributed by atoms with Crippen LogP contribution in [0.1, 0.15) is 38.2 Å². The van der Waals surface area contributed by atoms with Gasteiger partial charge in [0.05, 0.1) is 5.02 Å². The van der Waals surface area contributed by atoms with Gasteiger partial charge in [-0.2, -0.15) is 0 Å².